The lowest BCUT2D eigenvalue weighted by Gasteiger charge is -2.18. The Balaban J connectivity index is 1.98. The third kappa shape index (κ3) is 2.49. The Kier molecular flexibility index (Phi) is 3.76. The van der Waals surface area contributed by atoms with E-state index in [9.17, 15) is 0 Å². The van der Waals surface area contributed by atoms with Crippen molar-refractivity contribution in [3.63, 3.8) is 0 Å². The van der Waals surface area contributed by atoms with E-state index in [0.717, 1.165) is 16.8 Å². The van der Waals surface area contributed by atoms with Gasteiger partial charge in [-0.1, -0.05) is 25.1 Å². The van der Waals surface area contributed by atoms with Crippen molar-refractivity contribution >= 4 is 15.9 Å². The molecule has 0 fully saturated rings. The second kappa shape index (κ2) is 5.51. The lowest BCUT2D eigenvalue weighted by molar-refractivity contribution is 0.450. The van der Waals surface area contributed by atoms with E-state index in [2.05, 4.69) is 46.4 Å². The van der Waals surface area contributed by atoms with Crippen LogP contribution >= 0.6 is 15.9 Å². The molecule has 19 heavy (non-hydrogen) atoms. The largest absolute Gasteiger partial charge is 0.466 e. The van der Waals surface area contributed by atoms with Crippen molar-refractivity contribution in [2.75, 3.05) is 6.54 Å². The summed E-state index contributed by atoms with van der Waals surface area (Å²) in [6.07, 6.45) is 5.46. The molecule has 2 aromatic rings. The van der Waals surface area contributed by atoms with Crippen LogP contribution in [0, 0.1) is 0 Å². The molecule has 1 aromatic heterocycles. The molecule has 1 heterocycles. The van der Waals surface area contributed by atoms with E-state index in [1.54, 1.807) is 6.26 Å². The van der Waals surface area contributed by atoms with Crippen LogP contribution in [0.2, 0.25) is 0 Å². The highest BCUT2D eigenvalue weighted by Crippen LogP contribution is 2.32. The lowest BCUT2D eigenvalue weighted by atomic mass is 9.99. The minimum absolute atomic E-state index is 0.125. The van der Waals surface area contributed by atoms with E-state index in [-0.39, 0.29) is 6.04 Å². The second-order valence-corrected chi connectivity index (χ2v) is 5.86. The summed E-state index contributed by atoms with van der Waals surface area (Å²) >= 11 is 3.56. The van der Waals surface area contributed by atoms with Gasteiger partial charge in [-0.2, -0.15) is 0 Å². The first-order valence-electron chi connectivity index (χ1n) is 6.87. The van der Waals surface area contributed by atoms with Crippen molar-refractivity contribution < 1.29 is 4.42 Å². The molecule has 0 amide bonds. The van der Waals surface area contributed by atoms with E-state index >= 15 is 0 Å². The smallest absolute Gasteiger partial charge is 0.139 e. The molecular formula is C16H18BrNO. The Hall–Kier alpha value is -1.06. The maximum absolute atomic E-state index is 5.64. The van der Waals surface area contributed by atoms with E-state index in [0.29, 0.717) is 0 Å². The highest BCUT2D eigenvalue weighted by Gasteiger charge is 2.21. The number of hydrogen-bond donors (Lipinski definition) is 1. The third-order valence-corrected chi connectivity index (χ3v) is 4.43. The van der Waals surface area contributed by atoms with E-state index in [1.807, 2.05) is 6.07 Å². The molecule has 0 saturated carbocycles. The highest BCUT2D eigenvalue weighted by molar-refractivity contribution is 9.10. The molecule has 3 heteroatoms. The van der Waals surface area contributed by atoms with E-state index in [1.165, 1.54) is 36.0 Å². The Morgan fingerprint density at radius 2 is 2.11 bits per heavy atom. The summed E-state index contributed by atoms with van der Waals surface area (Å²) in [5, 5.41) is 3.51. The molecule has 0 spiro atoms. The summed E-state index contributed by atoms with van der Waals surface area (Å²) in [4.78, 5) is 0. The van der Waals surface area contributed by atoms with Crippen molar-refractivity contribution in [3.05, 3.63) is 57.5 Å². The highest BCUT2D eigenvalue weighted by atomic mass is 79.9. The molecule has 1 aromatic carbocycles. The molecule has 1 N–H and O–H groups in total. The second-order valence-electron chi connectivity index (χ2n) is 5.01. The molecule has 2 nitrogen and oxygen atoms in total. The molecule has 100 valence electrons. The molecule has 1 atom stereocenters. The van der Waals surface area contributed by atoms with Gasteiger partial charge in [-0.05, 0) is 64.5 Å². The Morgan fingerprint density at radius 1 is 1.26 bits per heavy atom. The molecule has 1 unspecified atom stereocenters. The number of fused-ring (bicyclic) bond motifs is 1. The van der Waals surface area contributed by atoms with Crippen LogP contribution in [0.3, 0.4) is 0 Å². The minimum Gasteiger partial charge on any atom is -0.466 e. The van der Waals surface area contributed by atoms with Crippen LogP contribution in [-0.4, -0.2) is 6.54 Å². The SMILES string of the molecule is CCNC(c1ccc2c(c1)CCC2)c1occc1Br. The fourth-order valence-corrected chi connectivity index (χ4v) is 3.28. The number of furan rings is 1. The summed E-state index contributed by atoms with van der Waals surface area (Å²) in [7, 11) is 0. The van der Waals surface area contributed by atoms with Gasteiger partial charge in [0.1, 0.15) is 5.76 Å². The zero-order valence-electron chi connectivity index (χ0n) is 11.1. The van der Waals surface area contributed by atoms with Gasteiger partial charge in [0.25, 0.3) is 0 Å². The zero-order valence-corrected chi connectivity index (χ0v) is 12.7. The Bertz CT molecular complexity index is 576. The summed E-state index contributed by atoms with van der Waals surface area (Å²) in [6.45, 7) is 3.03. The fraction of sp³-hybridized carbons (Fsp3) is 0.375. The standard InChI is InChI=1S/C16H18BrNO/c1-2-18-15(16-14(17)8-9-19-16)13-7-6-11-4-3-5-12(11)10-13/h6-10,15,18H,2-5H2,1H3. The predicted molar refractivity (Wildman–Crippen MR) is 80.4 cm³/mol. The topological polar surface area (TPSA) is 25.2 Å². The van der Waals surface area contributed by atoms with Gasteiger partial charge in [0.2, 0.25) is 0 Å². The van der Waals surface area contributed by atoms with Gasteiger partial charge in [0, 0.05) is 0 Å². The summed E-state index contributed by atoms with van der Waals surface area (Å²) in [6, 6.07) is 8.92. The molecule has 3 rings (SSSR count). The third-order valence-electron chi connectivity index (χ3n) is 3.77. The van der Waals surface area contributed by atoms with Crippen LogP contribution in [-0.2, 0) is 12.8 Å². The average Bonchev–Trinajstić information content (AvgIpc) is 3.03. The molecule has 0 bridgehead atoms. The first-order valence-corrected chi connectivity index (χ1v) is 7.67. The first kappa shape index (κ1) is 12.9. The van der Waals surface area contributed by atoms with Crippen molar-refractivity contribution in [2.45, 2.75) is 32.2 Å². The molecule has 1 aliphatic rings. The Morgan fingerprint density at radius 3 is 2.84 bits per heavy atom. The van der Waals surface area contributed by atoms with E-state index in [4.69, 9.17) is 4.42 Å². The van der Waals surface area contributed by atoms with Crippen molar-refractivity contribution in [3.8, 4) is 0 Å². The van der Waals surface area contributed by atoms with Crippen LogP contribution in [0.15, 0.2) is 39.4 Å². The molecule has 1 aliphatic carbocycles. The van der Waals surface area contributed by atoms with E-state index < -0.39 is 0 Å². The Labute approximate surface area is 122 Å². The maximum atomic E-state index is 5.64. The van der Waals surface area contributed by atoms with Crippen LogP contribution in [0.1, 0.15) is 41.8 Å². The molecule has 0 aliphatic heterocycles. The number of halogens is 1. The number of aryl methyl sites for hydroxylation is 2. The van der Waals surface area contributed by atoms with Crippen molar-refractivity contribution in [1.82, 2.24) is 5.32 Å². The molecule has 0 saturated heterocycles. The normalized spacial score (nSPS) is 15.5. The summed E-state index contributed by atoms with van der Waals surface area (Å²) < 4.78 is 6.67. The number of benzene rings is 1. The summed E-state index contributed by atoms with van der Waals surface area (Å²) in [5.74, 6) is 0.958. The zero-order chi connectivity index (χ0) is 13.2. The van der Waals surface area contributed by atoms with Gasteiger partial charge in [-0.15, -0.1) is 0 Å². The lowest BCUT2D eigenvalue weighted by Crippen LogP contribution is -2.22. The van der Waals surface area contributed by atoms with Crippen molar-refractivity contribution in [1.29, 1.82) is 0 Å². The van der Waals surface area contributed by atoms with Gasteiger partial charge in [0.05, 0.1) is 16.8 Å². The average molecular weight is 320 g/mol. The van der Waals surface area contributed by atoms with Crippen LogP contribution in [0.4, 0.5) is 0 Å². The minimum atomic E-state index is 0.125. The quantitative estimate of drug-likeness (QED) is 0.912. The number of nitrogens with one attached hydrogen (secondary N) is 1. The predicted octanol–water partition coefficient (Wildman–Crippen LogP) is 4.23. The maximum Gasteiger partial charge on any atom is 0.139 e. The van der Waals surface area contributed by atoms with Crippen LogP contribution in [0.5, 0.6) is 0 Å². The van der Waals surface area contributed by atoms with Crippen molar-refractivity contribution in [2.24, 2.45) is 0 Å². The van der Waals surface area contributed by atoms with Gasteiger partial charge >= 0.3 is 0 Å². The summed E-state index contributed by atoms with van der Waals surface area (Å²) in [5.41, 5.74) is 4.30. The van der Waals surface area contributed by atoms with Crippen LogP contribution in [0.25, 0.3) is 0 Å². The number of hydrogen-bond acceptors (Lipinski definition) is 2. The first-order chi connectivity index (χ1) is 9.29. The van der Waals surface area contributed by atoms with Gasteiger partial charge in [0.15, 0.2) is 0 Å². The molecule has 0 radical (unpaired) electrons. The van der Waals surface area contributed by atoms with Crippen LogP contribution < -0.4 is 5.32 Å². The fourth-order valence-electron chi connectivity index (χ4n) is 2.85. The monoisotopic (exact) mass is 319 g/mol. The van der Waals surface area contributed by atoms with Gasteiger partial charge in [-0.25, -0.2) is 0 Å². The number of rotatable bonds is 4. The molecular weight excluding hydrogens is 302 g/mol. The van der Waals surface area contributed by atoms with Gasteiger partial charge < -0.3 is 9.73 Å². The van der Waals surface area contributed by atoms with Gasteiger partial charge in [-0.3, -0.25) is 0 Å².